The molecular formula is C14H21N. The Morgan fingerprint density at radius 3 is 2.67 bits per heavy atom. The summed E-state index contributed by atoms with van der Waals surface area (Å²) in [6.45, 7) is 8.56. The highest BCUT2D eigenvalue weighted by Crippen LogP contribution is 2.11. The normalized spacial score (nSPS) is 11.1. The van der Waals surface area contributed by atoms with E-state index >= 15 is 0 Å². The third kappa shape index (κ3) is 4.30. The van der Waals surface area contributed by atoms with Crippen LogP contribution in [0.1, 0.15) is 30.0 Å². The summed E-state index contributed by atoms with van der Waals surface area (Å²) in [6.07, 6.45) is 5.53. The maximum Gasteiger partial charge on any atom is -0.00143 e. The zero-order valence-electron chi connectivity index (χ0n) is 10.0. The Kier molecular flexibility index (Phi) is 5.13. The summed E-state index contributed by atoms with van der Waals surface area (Å²) in [4.78, 5) is 0. The smallest absolute Gasteiger partial charge is 0.00143 e. The molecule has 0 aromatic heterocycles. The van der Waals surface area contributed by atoms with Crippen LogP contribution in [-0.2, 0) is 0 Å². The Bertz CT molecular complexity index is 326. The first-order valence-corrected chi connectivity index (χ1v) is 5.68. The van der Waals surface area contributed by atoms with Gasteiger partial charge in [-0.3, -0.25) is 0 Å². The van der Waals surface area contributed by atoms with Crippen molar-refractivity contribution in [3.05, 3.63) is 41.0 Å². The fraction of sp³-hybridized carbons (Fsp3) is 0.429. The standard InChI is InChI=1S/C14H21N/c1-4-15-10-6-5-7-14-9-8-12(2)13(3)11-14/h5,7-9,11,15H,4,6,10H2,1-3H3. The fourth-order valence-corrected chi connectivity index (χ4v) is 1.45. The van der Waals surface area contributed by atoms with Crippen molar-refractivity contribution in [1.82, 2.24) is 5.32 Å². The first-order chi connectivity index (χ1) is 7.24. The Hall–Kier alpha value is -1.08. The Balaban J connectivity index is 2.46. The third-order valence-electron chi connectivity index (χ3n) is 2.58. The van der Waals surface area contributed by atoms with Crippen molar-refractivity contribution in [2.24, 2.45) is 0 Å². The van der Waals surface area contributed by atoms with Gasteiger partial charge in [-0.2, -0.15) is 0 Å². The number of hydrogen-bond acceptors (Lipinski definition) is 1. The highest BCUT2D eigenvalue weighted by atomic mass is 14.8. The molecule has 1 aromatic carbocycles. The molecule has 1 N–H and O–H groups in total. The zero-order chi connectivity index (χ0) is 11.1. The molecule has 0 atom stereocenters. The van der Waals surface area contributed by atoms with Gasteiger partial charge in [0.15, 0.2) is 0 Å². The summed E-state index contributed by atoms with van der Waals surface area (Å²) in [5, 5.41) is 3.30. The van der Waals surface area contributed by atoms with E-state index in [0.717, 1.165) is 19.5 Å². The van der Waals surface area contributed by atoms with E-state index in [1.807, 2.05) is 0 Å². The van der Waals surface area contributed by atoms with Crippen LogP contribution in [0.5, 0.6) is 0 Å². The minimum absolute atomic E-state index is 1.05. The van der Waals surface area contributed by atoms with Gasteiger partial charge in [0, 0.05) is 0 Å². The second kappa shape index (κ2) is 6.41. The molecule has 0 bridgehead atoms. The van der Waals surface area contributed by atoms with Crippen LogP contribution in [0, 0.1) is 13.8 Å². The maximum absolute atomic E-state index is 3.30. The molecule has 15 heavy (non-hydrogen) atoms. The summed E-state index contributed by atoms with van der Waals surface area (Å²) in [6, 6.07) is 6.59. The monoisotopic (exact) mass is 203 g/mol. The zero-order valence-corrected chi connectivity index (χ0v) is 10.0. The van der Waals surface area contributed by atoms with Gasteiger partial charge < -0.3 is 5.32 Å². The van der Waals surface area contributed by atoms with Gasteiger partial charge in [-0.05, 0) is 50.0 Å². The summed E-state index contributed by atoms with van der Waals surface area (Å²) in [5.41, 5.74) is 4.03. The first kappa shape index (κ1) is 12.0. The lowest BCUT2D eigenvalue weighted by Crippen LogP contribution is -2.12. The number of nitrogens with one attached hydrogen (secondary N) is 1. The van der Waals surface area contributed by atoms with Crippen molar-refractivity contribution in [2.45, 2.75) is 27.2 Å². The van der Waals surface area contributed by atoms with Crippen LogP contribution in [0.15, 0.2) is 24.3 Å². The van der Waals surface area contributed by atoms with Crippen LogP contribution in [0.4, 0.5) is 0 Å². The minimum Gasteiger partial charge on any atom is -0.317 e. The minimum atomic E-state index is 1.05. The second-order valence-electron chi connectivity index (χ2n) is 3.89. The number of aryl methyl sites for hydroxylation is 2. The lowest BCUT2D eigenvalue weighted by Gasteiger charge is -2.01. The van der Waals surface area contributed by atoms with Crippen LogP contribution < -0.4 is 5.32 Å². The number of hydrogen-bond donors (Lipinski definition) is 1. The quantitative estimate of drug-likeness (QED) is 0.724. The van der Waals surface area contributed by atoms with Gasteiger partial charge >= 0.3 is 0 Å². The maximum atomic E-state index is 3.30. The SMILES string of the molecule is CCNCCC=Cc1ccc(C)c(C)c1. The molecule has 1 aromatic rings. The molecule has 0 aliphatic carbocycles. The molecule has 0 spiro atoms. The van der Waals surface area contributed by atoms with E-state index in [1.165, 1.54) is 16.7 Å². The molecule has 0 saturated heterocycles. The summed E-state index contributed by atoms with van der Waals surface area (Å²) in [5.74, 6) is 0. The molecular weight excluding hydrogens is 182 g/mol. The van der Waals surface area contributed by atoms with Gasteiger partial charge in [-0.1, -0.05) is 37.3 Å². The van der Waals surface area contributed by atoms with Crippen molar-refractivity contribution in [2.75, 3.05) is 13.1 Å². The van der Waals surface area contributed by atoms with E-state index in [-0.39, 0.29) is 0 Å². The second-order valence-corrected chi connectivity index (χ2v) is 3.89. The molecule has 0 fully saturated rings. The van der Waals surface area contributed by atoms with E-state index in [1.54, 1.807) is 0 Å². The van der Waals surface area contributed by atoms with Crippen molar-refractivity contribution >= 4 is 6.08 Å². The van der Waals surface area contributed by atoms with Crippen LogP contribution in [-0.4, -0.2) is 13.1 Å². The Morgan fingerprint density at radius 2 is 2.00 bits per heavy atom. The molecule has 1 rings (SSSR count). The van der Waals surface area contributed by atoms with Crippen molar-refractivity contribution in [3.63, 3.8) is 0 Å². The van der Waals surface area contributed by atoms with E-state index in [2.05, 4.69) is 56.4 Å². The molecule has 0 aliphatic heterocycles. The van der Waals surface area contributed by atoms with Crippen molar-refractivity contribution in [1.29, 1.82) is 0 Å². The van der Waals surface area contributed by atoms with Crippen molar-refractivity contribution in [3.8, 4) is 0 Å². The number of benzene rings is 1. The molecule has 0 heterocycles. The molecule has 0 unspecified atom stereocenters. The van der Waals surface area contributed by atoms with Crippen LogP contribution in [0.25, 0.3) is 6.08 Å². The first-order valence-electron chi connectivity index (χ1n) is 5.68. The summed E-state index contributed by atoms with van der Waals surface area (Å²) in [7, 11) is 0. The van der Waals surface area contributed by atoms with Gasteiger partial charge in [0.2, 0.25) is 0 Å². The van der Waals surface area contributed by atoms with Gasteiger partial charge in [0.25, 0.3) is 0 Å². The largest absolute Gasteiger partial charge is 0.317 e. The fourth-order valence-electron chi connectivity index (χ4n) is 1.45. The summed E-state index contributed by atoms with van der Waals surface area (Å²) >= 11 is 0. The molecule has 0 amide bonds. The van der Waals surface area contributed by atoms with Crippen LogP contribution in [0.2, 0.25) is 0 Å². The Labute approximate surface area is 93.2 Å². The Morgan fingerprint density at radius 1 is 1.20 bits per heavy atom. The molecule has 1 nitrogen and oxygen atoms in total. The average molecular weight is 203 g/mol. The molecule has 0 aliphatic rings. The highest BCUT2D eigenvalue weighted by Gasteiger charge is 1.92. The van der Waals surface area contributed by atoms with Gasteiger partial charge in [0.05, 0.1) is 0 Å². The topological polar surface area (TPSA) is 12.0 Å². The highest BCUT2D eigenvalue weighted by molar-refractivity contribution is 5.51. The van der Waals surface area contributed by atoms with Crippen LogP contribution in [0.3, 0.4) is 0 Å². The van der Waals surface area contributed by atoms with E-state index in [9.17, 15) is 0 Å². The molecule has 0 saturated carbocycles. The lowest BCUT2D eigenvalue weighted by atomic mass is 10.1. The summed E-state index contributed by atoms with van der Waals surface area (Å²) < 4.78 is 0. The van der Waals surface area contributed by atoms with E-state index in [0.29, 0.717) is 0 Å². The third-order valence-corrected chi connectivity index (χ3v) is 2.58. The van der Waals surface area contributed by atoms with Gasteiger partial charge in [-0.25, -0.2) is 0 Å². The van der Waals surface area contributed by atoms with Gasteiger partial charge in [0.1, 0.15) is 0 Å². The lowest BCUT2D eigenvalue weighted by molar-refractivity contribution is 0.727. The molecule has 1 heteroatoms. The average Bonchev–Trinajstić information content (AvgIpc) is 2.23. The van der Waals surface area contributed by atoms with Crippen molar-refractivity contribution < 1.29 is 0 Å². The van der Waals surface area contributed by atoms with E-state index in [4.69, 9.17) is 0 Å². The van der Waals surface area contributed by atoms with Crippen LogP contribution >= 0.6 is 0 Å². The molecule has 82 valence electrons. The van der Waals surface area contributed by atoms with Gasteiger partial charge in [-0.15, -0.1) is 0 Å². The number of rotatable bonds is 5. The molecule has 0 radical (unpaired) electrons. The predicted molar refractivity (Wildman–Crippen MR) is 68.1 cm³/mol. The predicted octanol–water partition coefficient (Wildman–Crippen LogP) is 3.32. The van der Waals surface area contributed by atoms with E-state index < -0.39 is 0 Å².